The molecule has 3 rings (SSSR count). The largest absolute Gasteiger partial charge is 0.508 e. The number of nitrogens with zero attached hydrogens (tertiary/aromatic N) is 3. The SMILES string of the molecule is Nc1nc(C(S)CN2CCNCC2)nc(N)c1Cc1ccccc1O. The fourth-order valence-corrected chi connectivity index (χ4v) is 3.29. The van der Waals surface area contributed by atoms with Crippen LogP contribution in [0.5, 0.6) is 5.75 Å². The predicted octanol–water partition coefficient (Wildman–Crippen LogP) is 0.814. The Kier molecular flexibility index (Phi) is 5.62. The minimum absolute atomic E-state index is 0.151. The third-order valence-corrected chi connectivity index (χ3v) is 4.78. The number of benzene rings is 1. The van der Waals surface area contributed by atoms with Crippen molar-refractivity contribution in [3.63, 3.8) is 0 Å². The Hall–Kier alpha value is -2.03. The quantitative estimate of drug-likeness (QED) is 0.502. The molecule has 0 saturated carbocycles. The van der Waals surface area contributed by atoms with E-state index in [9.17, 15) is 5.11 Å². The normalized spacial score (nSPS) is 16.7. The minimum atomic E-state index is -0.151. The maximum absolute atomic E-state index is 9.93. The van der Waals surface area contributed by atoms with Gasteiger partial charge in [-0.05, 0) is 11.6 Å². The zero-order valence-corrected chi connectivity index (χ0v) is 14.9. The number of phenolic OH excluding ortho intramolecular Hbond substituents is 1. The molecule has 0 radical (unpaired) electrons. The molecule has 7 nitrogen and oxygen atoms in total. The van der Waals surface area contributed by atoms with Crippen LogP contribution in [-0.4, -0.2) is 52.7 Å². The number of aromatic hydroxyl groups is 1. The summed E-state index contributed by atoms with van der Waals surface area (Å²) in [5.74, 6) is 1.42. The number of anilines is 2. The van der Waals surface area contributed by atoms with Gasteiger partial charge in [-0.1, -0.05) is 18.2 Å². The van der Waals surface area contributed by atoms with Gasteiger partial charge in [0.1, 0.15) is 23.2 Å². The van der Waals surface area contributed by atoms with Gasteiger partial charge >= 0.3 is 0 Å². The Labute approximate surface area is 152 Å². The molecule has 1 fully saturated rings. The Morgan fingerprint density at radius 1 is 1.16 bits per heavy atom. The predicted molar refractivity (Wildman–Crippen MR) is 103 cm³/mol. The smallest absolute Gasteiger partial charge is 0.147 e. The minimum Gasteiger partial charge on any atom is -0.508 e. The third-order valence-electron chi connectivity index (χ3n) is 4.39. The summed E-state index contributed by atoms with van der Waals surface area (Å²) >= 11 is 4.64. The molecule has 1 atom stereocenters. The first-order valence-electron chi connectivity index (χ1n) is 8.34. The zero-order valence-electron chi connectivity index (χ0n) is 14.0. The second-order valence-electron chi connectivity index (χ2n) is 6.20. The topological polar surface area (TPSA) is 113 Å². The molecule has 134 valence electrons. The van der Waals surface area contributed by atoms with Gasteiger partial charge in [-0.2, -0.15) is 12.6 Å². The van der Waals surface area contributed by atoms with Crippen molar-refractivity contribution in [2.45, 2.75) is 11.7 Å². The number of nitrogens with one attached hydrogen (secondary N) is 1. The summed E-state index contributed by atoms with van der Waals surface area (Å²) in [6.45, 7) is 4.67. The van der Waals surface area contributed by atoms with Crippen molar-refractivity contribution < 1.29 is 5.11 Å². The lowest BCUT2D eigenvalue weighted by molar-refractivity contribution is 0.241. The lowest BCUT2D eigenvalue weighted by Crippen LogP contribution is -2.44. The van der Waals surface area contributed by atoms with Crippen molar-refractivity contribution in [3.05, 3.63) is 41.2 Å². The first-order chi connectivity index (χ1) is 12.0. The molecule has 6 N–H and O–H groups in total. The second-order valence-corrected chi connectivity index (χ2v) is 6.83. The van der Waals surface area contributed by atoms with Crippen molar-refractivity contribution in [1.82, 2.24) is 20.2 Å². The maximum atomic E-state index is 9.93. The molecule has 1 aliphatic rings. The van der Waals surface area contributed by atoms with E-state index >= 15 is 0 Å². The number of rotatable bonds is 5. The molecule has 8 heteroatoms. The van der Waals surface area contributed by atoms with Crippen LogP contribution in [-0.2, 0) is 6.42 Å². The van der Waals surface area contributed by atoms with Crippen LogP contribution in [0.1, 0.15) is 22.2 Å². The molecule has 1 aliphatic heterocycles. The highest BCUT2D eigenvalue weighted by molar-refractivity contribution is 7.80. The Morgan fingerprint density at radius 2 is 1.80 bits per heavy atom. The van der Waals surface area contributed by atoms with E-state index in [4.69, 9.17) is 11.5 Å². The average Bonchev–Trinajstić information content (AvgIpc) is 2.60. The maximum Gasteiger partial charge on any atom is 0.147 e. The number of para-hydroxylation sites is 1. The van der Waals surface area contributed by atoms with Gasteiger partial charge in [0.15, 0.2) is 0 Å². The third kappa shape index (κ3) is 4.33. The van der Waals surface area contributed by atoms with E-state index in [1.165, 1.54) is 0 Å². The number of nitrogen functional groups attached to an aromatic ring is 2. The van der Waals surface area contributed by atoms with Crippen LogP contribution < -0.4 is 16.8 Å². The average molecular weight is 360 g/mol. The molecule has 0 amide bonds. The highest BCUT2D eigenvalue weighted by Crippen LogP contribution is 2.27. The molecule has 1 aromatic carbocycles. The van der Waals surface area contributed by atoms with Gasteiger partial charge in [0.2, 0.25) is 0 Å². The summed E-state index contributed by atoms with van der Waals surface area (Å²) in [6.07, 6.45) is 0.389. The molecule has 2 aromatic rings. The zero-order chi connectivity index (χ0) is 17.8. The molecule has 0 bridgehead atoms. The fourth-order valence-electron chi connectivity index (χ4n) is 2.94. The summed E-state index contributed by atoms with van der Waals surface area (Å²) in [6, 6.07) is 7.09. The van der Waals surface area contributed by atoms with E-state index in [0.717, 1.165) is 38.3 Å². The van der Waals surface area contributed by atoms with E-state index in [2.05, 4.69) is 32.8 Å². The highest BCUT2D eigenvalue weighted by atomic mass is 32.1. The number of hydrogen-bond donors (Lipinski definition) is 5. The van der Waals surface area contributed by atoms with Crippen LogP contribution >= 0.6 is 12.6 Å². The molecule has 1 aromatic heterocycles. The lowest BCUT2D eigenvalue weighted by atomic mass is 10.0. The van der Waals surface area contributed by atoms with Gasteiger partial charge in [0, 0.05) is 44.7 Å². The van der Waals surface area contributed by atoms with Crippen molar-refractivity contribution >= 4 is 24.3 Å². The van der Waals surface area contributed by atoms with Crippen molar-refractivity contribution in [2.75, 3.05) is 44.2 Å². The molecular weight excluding hydrogens is 336 g/mol. The molecule has 2 heterocycles. The van der Waals surface area contributed by atoms with E-state index in [-0.39, 0.29) is 11.0 Å². The van der Waals surface area contributed by atoms with E-state index in [1.807, 2.05) is 12.1 Å². The van der Waals surface area contributed by atoms with Crippen LogP contribution in [0.25, 0.3) is 0 Å². The Balaban J connectivity index is 1.76. The summed E-state index contributed by atoms with van der Waals surface area (Å²) < 4.78 is 0. The summed E-state index contributed by atoms with van der Waals surface area (Å²) in [5.41, 5.74) is 13.6. The lowest BCUT2D eigenvalue weighted by Gasteiger charge is -2.29. The molecular formula is C17H24N6OS. The van der Waals surface area contributed by atoms with Crippen molar-refractivity contribution in [2.24, 2.45) is 0 Å². The van der Waals surface area contributed by atoms with Gasteiger partial charge in [0.25, 0.3) is 0 Å². The first-order valence-corrected chi connectivity index (χ1v) is 8.86. The second kappa shape index (κ2) is 7.90. The summed E-state index contributed by atoms with van der Waals surface area (Å²) in [4.78, 5) is 11.1. The standard InChI is InChI=1S/C17H24N6OS/c18-15-12(9-11-3-1-2-4-13(11)24)16(19)22-17(21-15)14(25)10-23-7-5-20-6-8-23/h1-4,14,20,24-25H,5-10H2,(H4,18,19,21,22). The van der Waals surface area contributed by atoms with E-state index in [1.54, 1.807) is 12.1 Å². The van der Waals surface area contributed by atoms with Gasteiger partial charge in [-0.25, -0.2) is 9.97 Å². The number of thiol groups is 1. The molecule has 25 heavy (non-hydrogen) atoms. The molecule has 0 spiro atoms. The van der Waals surface area contributed by atoms with E-state index in [0.29, 0.717) is 29.4 Å². The fraction of sp³-hybridized carbons (Fsp3) is 0.412. The highest BCUT2D eigenvalue weighted by Gasteiger charge is 2.20. The van der Waals surface area contributed by atoms with Gasteiger partial charge in [-0.15, -0.1) is 0 Å². The monoisotopic (exact) mass is 360 g/mol. The number of hydrogen-bond acceptors (Lipinski definition) is 8. The Bertz CT molecular complexity index is 712. The van der Waals surface area contributed by atoms with Gasteiger partial charge in [0.05, 0.1) is 5.25 Å². The van der Waals surface area contributed by atoms with Crippen molar-refractivity contribution in [3.8, 4) is 5.75 Å². The van der Waals surface area contributed by atoms with Crippen LogP contribution in [0.4, 0.5) is 11.6 Å². The van der Waals surface area contributed by atoms with E-state index < -0.39 is 0 Å². The van der Waals surface area contributed by atoms with Crippen molar-refractivity contribution in [1.29, 1.82) is 0 Å². The number of phenols is 1. The number of nitrogens with two attached hydrogens (primary N) is 2. The summed E-state index contributed by atoms with van der Waals surface area (Å²) in [7, 11) is 0. The van der Waals surface area contributed by atoms with Crippen LogP contribution in [0, 0.1) is 0 Å². The first kappa shape index (κ1) is 17.8. The van der Waals surface area contributed by atoms with Crippen LogP contribution in [0.2, 0.25) is 0 Å². The van der Waals surface area contributed by atoms with Crippen LogP contribution in [0.3, 0.4) is 0 Å². The molecule has 0 aliphatic carbocycles. The number of piperazine rings is 1. The molecule has 1 saturated heterocycles. The van der Waals surface area contributed by atoms with Crippen LogP contribution in [0.15, 0.2) is 24.3 Å². The molecule has 1 unspecified atom stereocenters. The number of aromatic nitrogens is 2. The van der Waals surface area contributed by atoms with Gasteiger partial charge in [-0.3, -0.25) is 4.90 Å². The Morgan fingerprint density at radius 3 is 2.44 bits per heavy atom. The summed E-state index contributed by atoms with van der Waals surface area (Å²) in [5, 5.41) is 13.1. The van der Waals surface area contributed by atoms with Gasteiger partial charge < -0.3 is 21.9 Å².